The van der Waals surface area contributed by atoms with E-state index in [1.807, 2.05) is 19.1 Å². The van der Waals surface area contributed by atoms with Crippen LogP contribution in [0.15, 0.2) is 22.8 Å². The van der Waals surface area contributed by atoms with Crippen molar-refractivity contribution >= 4 is 38.6 Å². The lowest BCUT2D eigenvalue weighted by Crippen LogP contribution is -2.42. The highest BCUT2D eigenvalue weighted by atomic mass is 79.9. The molecule has 6 heteroatoms. The minimum atomic E-state index is -0.413. The number of fused-ring (bicyclic) bond motifs is 1. The second-order valence-electron chi connectivity index (χ2n) is 4.71. The van der Waals surface area contributed by atoms with Gasteiger partial charge in [0.25, 0.3) is 5.91 Å². The monoisotopic (exact) mass is 321 g/mol. The summed E-state index contributed by atoms with van der Waals surface area (Å²) >= 11 is 3.46. The number of imide groups is 1. The van der Waals surface area contributed by atoms with E-state index in [-0.39, 0.29) is 11.8 Å². The number of nitrogens with one attached hydrogen (secondary N) is 1. The number of halogens is 1. The van der Waals surface area contributed by atoms with Gasteiger partial charge in [-0.25, -0.2) is 0 Å². The first-order valence-electron chi connectivity index (χ1n) is 6.03. The van der Waals surface area contributed by atoms with E-state index in [1.165, 1.54) is 0 Å². The van der Waals surface area contributed by atoms with Gasteiger partial charge in [-0.05, 0) is 31.0 Å². The van der Waals surface area contributed by atoms with Gasteiger partial charge < -0.3 is 0 Å². The number of amides is 2. The Morgan fingerprint density at radius 3 is 2.95 bits per heavy atom. The molecule has 1 aliphatic heterocycles. The smallest absolute Gasteiger partial charge is 0.251 e. The molecular formula is C13H12BrN3O2. The summed E-state index contributed by atoms with van der Waals surface area (Å²) in [6.07, 6.45) is 2.61. The van der Waals surface area contributed by atoms with Gasteiger partial charge in [0.2, 0.25) is 5.91 Å². The Morgan fingerprint density at radius 1 is 1.42 bits per heavy atom. The molecule has 2 amide bonds. The van der Waals surface area contributed by atoms with E-state index in [2.05, 4.69) is 26.3 Å². The molecule has 1 aromatic heterocycles. The molecule has 2 heterocycles. The summed E-state index contributed by atoms with van der Waals surface area (Å²) in [6.45, 7) is 2.00. The molecular weight excluding hydrogens is 310 g/mol. The fraction of sp³-hybridized carbons (Fsp3) is 0.308. The fourth-order valence-corrected chi connectivity index (χ4v) is 3.00. The molecule has 1 N–H and O–H groups in total. The summed E-state index contributed by atoms with van der Waals surface area (Å²) in [5, 5.41) is 7.70. The standard InChI is InChI=1S/C13H12BrN3O2/c1-7-4-8(14)5-11-9(7)6-15-17(11)10-2-3-12(18)16-13(10)19/h4-6,10H,2-3H2,1H3,(H,16,18,19). The third kappa shape index (κ3) is 2.06. The third-order valence-corrected chi connectivity index (χ3v) is 3.85. The van der Waals surface area contributed by atoms with E-state index in [0.29, 0.717) is 12.8 Å². The zero-order valence-electron chi connectivity index (χ0n) is 10.3. The maximum Gasteiger partial charge on any atom is 0.251 e. The first-order valence-corrected chi connectivity index (χ1v) is 6.82. The van der Waals surface area contributed by atoms with E-state index in [9.17, 15) is 9.59 Å². The summed E-state index contributed by atoms with van der Waals surface area (Å²) in [7, 11) is 0. The second kappa shape index (κ2) is 4.45. The van der Waals surface area contributed by atoms with Gasteiger partial charge in [-0.15, -0.1) is 0 Å². The maximum absolute atomic E-state index is 11.9. The predicted octanol–water partition coefficient (Wildman–Crippen LogP) is 2.08. The number of carbonyl (C=O) groups excluding carboxylic acids is 2. The van der Waals surface area contributed by atoms with Gasteiger partial charge in [-0.3, -0.25) is 19.6 Å². The van der Waals surface area contributed by atoms with Crippen LogP contribution in [0.3, 0.4) is 0 Å². The summed E-state index contributed by atoms with van der Waals surface area (Å²) in [5.74, 6) is -0.492. The van der Waals surface area contributed by atoms with Crippen LogP contribution in [0, 0.1) is 6.92 Å². The number of hydrogen-bond acceptors (Lipinski definition) is 3. The lowest BCUT2D eigenvalue weighted by molar-refractivity contribution is -0.135. The van der Waals surface area contributed by atoms with E-state index in [1.54, 1.807) is 10.9 Å². The van der Waals surface area contributed by atoms with Gasteiger partial charge >= 0.3 is 0 Å². The van der Waals surface area contributed by atoms with E-state index in [4.69, 9.17) is 0 Å². The molecule has 0 saturated carbocycles. The van der Waals surface area contributed by atoms with Crippen molar-refractivity contribution < 1.29 is 9.59 Å². The number of aromatic nitrogens is 2. The van der Waals surface area contributed by atoms with Gasteiger partial charge in [0.1, 0.15) is 6.04 Å². The molecule has 0 spiro atoms. The molecule has 2 aromatic rings. The minimum absolute atomic E-state index is 0.213. The van der Waals surface area contributed by atoms with Crippen LogP contribution in [0.1, 0.15) is 24.4 Å². The minimum Gasteiger partial charge on any atom is -0.295 e. The maximum atomic E-state index is 11.9. The van der Waals surface area contributed by atoms with Crippen molar-refractivity contribution in [3.8, 4) is 0 Å². The molecule has 19 heavy (non-hydrogen) atoms. The largest absolute Gasteiger partial charge is 0.295 e. The molecule has 3 rings (SSSR count). The fourth-order valence-electron chi connectivity index (χ4n) is 2.44. The van der Waals surface area contributed by atoms with Crippen molar-refractivity contribution in [3.63, 3.8) is 0 Å². The van der Waals surface area contributed by atoms with Crippen molar-refractivity contribution in [3.05, 3.63) is 28.4 Å². The highest BCUT2D eigenvalue weighted by Crippen LogP contribution is 2.28. The summed E-state index contributed by atoms with van der Waals surface area (Å²) in [4.78, 5) is 23.1. The Balaban J connectivity index is 2.11. The first-order chi connectivity index (χ1) is 9.06. The van der Waals surface area contributed by atoms with Crippen LogP contribution < -0.4 is 5.32 Å². The Morgan fingerprint density at radius 2 is 2.21 bits per heavy atom. The summed E-state index contributed by atoms with van der Waals surface area (Å²) in [5.41, 5.74) is 2.00. The summed E-state index contributed by atoms with van der Waals surface area (Å²) in [6, 6.07) is 3.54. The lowest BCUT2D eigenvalue weighted by atomic mass is 10.1. The zero-order valence-corrected chi connectivity index (χ0v) is 11.9. The van der Waals surface area contributed by atoms with Crippen LogP contribution >= 0.6 is 15.9 Å². The topological polar surface area (TPSA) is 64.0 Å². The van der Waals surface area contributed by atoms with Gasteiger partial charge in [-0.1, -0.05) is 15.9 Å². The number of hydrogen-bond donors (Lipinski definition) is 1. The number of carbonyl (C=O) groups is 2. The van der Waals surface area contributed by atoms with Crippen LogP contribution in [-0.4, -0.2) is 21.6 Å². The van der Waals surface area contributed by atoms with Crippen molar-refractivity contribution in [2.75, 3.05) is 0 Å². The third-order valence-electron chi connectivity index (χ3n) is 3.39. The molecule has 1 aromatic carbocycles. The highest BCUT2D eigenvalue weighted by molar-refractivity contribution is 9.10. The average molecular weight is 322 g/mol. The number of nitrogens with zero attached hydrogens (tertiary/aromatic N) is 2. The summed E-state index contributed by atoms with van der Waals surface area (Å²) < 4.78 is 2.65. The van der Waals surface area contributed by atoms with Crippen LogP contribution in [0.2, 0.25) is 0 Å². The molecule has 1 unspecified atom stereocenters. The Hall–Kier alpha value is -1.69. The predicted molar refractivity (Wildman–Crippen MR) is 73.6 cm³/mol. The molecule has 1 fully saturated rings. The lowest BCUT2D eigenvalue weighted by Gasteiger charge is -2.21. The molecule has 1 saturated heterocycles. The normalized spacial score (nSPS) is 19.8. The first kappa shape index (κ1) is 12.3. The quantitative estimate of drug-likeness (QED) is 0.818. The van der Waals surface area contributed by atoms with Crippen molar-refractivity contribution in [1.29, 1.82) is 0 Å². The van der Waals surface area contributed by atoms with Crippen molar-refractivity contribution in [1.82, 2.24) is 15.1 Å². The molecule has 0 aliphatic carbocycles. The van der Waals surface area contributed by atoms with Gasteiger partial charge in [0.15, 0.2) is 0 Å². The van der Waals surface area contributed by atoms with Crippen LogP contribution in [0.5, 0.6) is 0 Å². The van der Waals surface area contributed by atoms with Crippen LogP contribution in [-0.2, 0) is 9.59 Å². The molecule has 0 radical (unpaired) electrons. The molecule has 1 atom stereocenters. The van der Waals surface area contributed by atoms with Gasteiger partial charge in [0, 0.05) is 16.3 Å². The Labute approximate surface area is 118 Å². The average Bonchev–Trinajstić information content (AvgIpc) is 2.73. The number of benzene rings is 1. The van der Waals surface area contributed by atoms with Crippen LogP contribution in [0.4, 0.5) is 0 Å². The molecule has 0 bridgehead atoms. The SMILES string of the molecule is Cc1cc(Br)cc2c1cnn2C1CCC(=O)NC1=O. The second-order valence-corrected chi connectivity index (χ2v) is 5.63. The highest BCUT2D eigenvalue weighted by Gasteiger charge is 2.29. The van der Waals surface area contributed by atoms with Gasteiger partial charge in [-0.2, -0.15) is 5.10 Å². The van der Waals surface area contributed by atoms with Gasteiger partial charge in [0.05, 0.1) is 11.7 Å². The number of aryl methyl sites for hydroxylation is 1. The molecule has 5 nitrogen and oxygen atoms in total. The molecule has 1 aliphatic rings. The Bertz CT molecular complexity index is 692. The zero-order chi connectivity index (χ0) is 13.6. The molecule has 98 valence electrons. The van der Waals surface area contributed by atoms with E-state index < -0.39 is 6.04 Å². The van der Waals surface area contributed by atoms with Crippen molar-refractivity contribution in [2.45, 2.75) is 25.8 Å². The number of piperidine rings is 1. The Kier molecular flexibility index (Phi) is 2.89. The van der Waals surface area contributed by atoms with Crippen LogP contribution in [0.25, 0.3) is 10.9 Å². The van der Waals surface area contributed by atoms with E-state index >= 15 is 0 Å². The number of rotatable bonds is 1. The van der Waals surface area contributed by atoms with Crippen molar-refractivity contribution in [2.24, 2.45) is 0 Å². The van der Waals surface area contributed by atoms with E-state index in [0.717, 1.165) is 20.9 Å².